The largest absolute Gasteiger partial charge is 0.484 e. The Balaban J connectivity index is 0.552. The molecule has 4 aliphatic heterocycles. The number of amides is 8. The number of halogens is 2. The quantitative estimate of drug-likeness (QED) is 0.0420. The number of urea groups is 2. The van der Waals surface area contributed by atoms with Crippen molar-refractivity contribution >= 4 is 78.9 Å². The fourth-order valence-corrected chi connectivity index (χ4v) is 16.2. The van der Waals surface area contributed by atoms with Crippen molar-refractivity contribution in [1.82, 2.24) is 71.6 Å². The van der Waals surface area contributed by atoms with Crippen LogP contribution in [-0.2, 0) is 52.1 Å². The summed E-state index contributed by atoms with van der Waals surface area (Å²) in [4.78, 5) is 83.4. The molecule has 0 bridgehead atoms. The van der Waals surface area contributed by atoms with Crippen LogP contribution in [0.4, 0.5) is 9.59 Å². The zero-order valence-electron chi connectivity index (χ0n) is 53.3. The summed E-state index contributed by atoms with van der Waals surface area (Å²) in [5.41, 5.74) is 4.46. The molecule has 0 aromatic heterocycles. The van der Waals surface area contributed by atoms with Gasteiger partial charge in [-0.3, -0.25) is 29.0 Å². The van der Waals surface area contributed by atoms with E-state index < -0.39 is 93.1 Å². The van der Waals surface area contributed by atoms with E-state index >= 15 is 0 Å². The Kier molecular flexibility index (Phi) is 23.6. The van der Waals surface area contributed by atoms with Crippen molar-refractivity contribution in [2.75, 3.05) is 105 Å². The molecular formula is C64H80Cl2N16O12S2. The molecular weight excluding hydrogens is 1320 g/mol. The Labute approximate surface area is 568 Å². The first-order valence-corrected chi connectivity index (χ1v) is 35.8. The van der Waals surface area contributed by atoms with Gasteiger partial charge in [-0.2, -0.15) is 10.5 Å². The third-order valence-corrected chi connectivity index (χ3v) is 21.5. The number of likely N-dealkylation sites (tertiary alicyclic amines) is 2. The number of piperazine rings is 2. The number of nitrogens with one attached hydrogen (secondary N) is 10. The Morgan fingerprint density at radius 2 is 0.938 bits per heavy atom. The van der Waals surface area contributed by atoms with Crippen molar-refractivity contribution in [3.63, 3.8) is 0 Å². The van der Waals surface area contributed by atoms with Crippen LogP contribution in [0.5, 0.6) is 11.5 Å². The standard InChI is InChI=1S/C64H80Cl2N16O12S2/c1-39-35-79(21-17-69-39)55-27-51-41(29-67)23-43(65)25-53(51)61(55)93-47-5-9-49(10-6-47)95(89,90)77-45-13-19-81(37-45)59(85)33-73-57(83)31-75-63(87)71-15-3-4-16-72-64(88)76-32-58(84)74-34-60(86)82-20-14-46(38-82)78-96(91,92)50-11-7-48(8-12-50)94-62-54-26-44(66)24-42(30-68)52(54)28-56(62)80-22-18-70-40(2)36-80/h5-12,23-26,39-40,45-46,55-56,61-62,69-70,77-78H,3-4,13-22,27-28,31-38H2,1-2H3,(H,73,83)(H,74,84)(H2,71,75,87)(H2,72,76,88)/t39-,40-,45+,46+,55+,56+,61+,62+/m1/s1. The van der Waals surface area contributed by atoms with Gasteiger partial charge in [0.2, 0.25) is 43.7 Å². The van der Waals surface area contributed by atoms with E-state index in [0.717, 1.165) is 61.5 Å². The third kappa shape index (κ3) is 18.2. The number of carbonyl (C=O) groups is 6. The van der Waals surface area contributed by atoms with Crippen LogP contribution in [0, 0.1) is 22.7 Å². The second-order valence-corrected chi connectivity index (χ2v) is 29.2. The minimum absolute atomic E-state index is 0.00825. The molecule has 0 saturated carbocycles. The molecule has 32 heteroatoms. The van der Waals surface area contributed by atoms with Crippen molar-refractivity contribution in [1.29, 1.82) is 10.5 Å². The molecule has 96 heavy (non-hydrogen) atoms. The lowest BCUT2D eigenvalue weighted by atomic mass is 10.0. The van der Waals surface area contributed by atoms with E-state index in [0.29, 0.717) is 71.2 Å². The van der Waals surface area contributed by atoms with Crippen molar-refractivity contribution in [3.8, 4) is 23.6 Å². The van der Waals surface area contributed by atoms with Crippen molar-refractivity contribution < 1.29 is 55.1 Å². The molecule has 8 atom stereocenters. The van der Waals surface area contributed by atoms with Crippen LogP contribution in [0.15, 0.2) is 82.6 Å². The first kappa shape index (κ1) is 70.9. The number of hydrogen-bond donors (Lipinski definition) is 10. The molecule has 0 radical (unpaired) electrons. The molecule has 4 saturated heterocycles. The summed E-state index contributed by atoms with van der Waals surface area (Å²) >= 11 is 12.9. The Morgan fingerprint density at radius 1 is 0.542 bits per heavy atom. The zero-order valence-corrected chi connectivity index (χ0v) is 56.4. The van der Waals surface area contributed by atoms with E-state index in [-0.39, 0.29) is 86.3 Å². The SMILES string of the molecule is C[C@@H]1CN([C@H]2Cc3c(C#N)cc(Cl)cc3[C@@H]2Oc2ccc(S(=O)(=O)N[C@H]3CCN(C(=O)CNC(=O)CNC(=O)NCCCCNC(=O)NCC(=O)NCC(=O)N4CC[C@H](NS(=O)(=O)c5ccc(O[C@H]6c7cc(Cl)cc(C#N)c7C[C@@H]6N6CCN[C@H](C)C6)cc5)C4)C3)cc2)CCN1. The molecule has 4 aromatic rings. The minimum Gasteiger partial charge on any atom is -0.484 e. The van der Waals surface area contributed by atoms with E-state index in [1.165, 1.54) is 34.1 Å². The number of unbranched alkanes of at least 4 members (excludes halogenated alkanes) is 1. The van der Waals surface area contributed by atoms with Gasteiger partial charge in [-0.15, -0.1) is 0 Å². The summed E-state index contributed by atoms with van der Waals surface area (Å²) in [7, 11) is -8.01. The number of carbonyl (C=O) groups excluding carboxylic acids is 6. The van der Waals surface area contributed by atoms with Gasteiger partial charge >= 0.3 is 12.1 Å². The predicted molar refractivity (Wildman–Crippen MR) is 354 cm³/mol. The molecule has 4 fully saturated rings. The number of fused-ring (bicyclic) bond motifs is 2. The lowest BCUT2D eigenvalue weighted by Gasteiger charge is -2.38. The van der Waals surface area contributed by atoms with Crippen molar-refractivity contribution in [2.24, 2.45) is 0 Å². The first-order valence-electron chi connectivity index (χ1n) is 32.1. The second-order valence-electron chi connectivity index (χ2n) is 24.9. The molecule has 2 aliphatic carbocycles. The number of ether oxygens (including phenoxy) is 2. The van der Waals surface area contributed by atoms with E-state index in [1.807, 2.05) is 12.1 Å². The molecule has 6 aliphatic rings. The number of hydrogen-bond acceptors (Lipinski definition) is 18. The van der Waals surface area contributed by atoms with E-state index in [1.54, 1.807) is 36.4 Å². The molecule has 514 valence electrons. The highest BCUT2D eigenvalue weighted by molar-refractivity contribution is 7.89. The number of benzene rings is 4. The summed E-state index contributed by atoms with van der Waals surface area (Å²) in [5.74, 6) is -1.22. The Morgan fingerprint density at radius 3 is 1.31 bits per heavy atom. The fraction of sp³-hybridized carbons (Fsp3) is 0.500. The second kappa shape index (κ2) is 32.0. The molecule has 0 spiro atoms. The monoisotopic (exact) mass is 1400 g/mol. The minimum atomic E-state index is -4.01. The van der Waals surface area contributed by atoms with Crippen molar-refractivity contribution in [3.05, 3.63) is 116 Å². The van der Waals surface area contributed by atoms with Gasteiger partial charge in [0.05, 0.1) is 71.3 Å². The highest BCUT2D eigenvalue weighted by Crippen LogP contribution is 2.43. The molecule has 8 amide bonds. The van der Waals surface area contributed by atoms with Crippen LogP contribution in [-0.4, -0.2) is 213 Å². The first-order chi connectivity index (χ1) is 46.0. The lowest BCUT2D eigenvalue weighted by molar-refractivity contribution is -0.132. The maximum Gasteiger partial charge on any atom is 0.315 e. The predicted octanol–water partition coefficient (Wildman–Crippen LogP) is 1.48. The fourth-order valence-electron chi connectivity index (χ4n) is 13.2. The summed E-state index contributed by atoms with van der Waals surface area (Å²) in [6.45, 7) is 8.51. The van der Waals surface area contributed by atoms with Gasteiger partial charge in [-0.1, -0.05) is 23.2 Å². The van der Waals surface area contributed by atoms with Crippen LogP contribution in [0.1, 0.15) is 85.1 Å². The maximum absolute atomic E-state index is 13.5. The number of rotatable bonds is 25. The van der Waals surface area contributed by atoms with Gasteiger partial charge in [0.1, 0.15) is 23.7 Å². The topological polar surface area (TPSA) is 370 Å². The number of nitrogens with zero attached hydrogens (tertiary/aromatic N) is 6. The van der Waals surface area contributed by atoms with Crippen LogP contribution in [0.25, 0.3) is 0 Å². The van der Waals surface area contributed by atoms with Gasteiger partial charge in [-0.05, 0) is 147 Å². The summed E-state index contributed by atoms with van der Waals surface area (Å²) in [5, 5.41) is 42.5. The molecule has 4 aromatic carbocycles. The smallest absolute Gasteiger partial charge is 0.315 e. The molecule has 10 rings (SSSR count). The normalized spacial score (nSPS) is 22.6. The average molecular weight is 1400 g/mol. The van der Waals surface area contributed by atoms with Gasteiger partial charge in [0.25, 0.3) is 0 Å². The van der Waals surface area contributed by atoms with Gasteiger partial charge in [-0.25, -0.2) is 35.9 Å². The molecule has 4 heterocycles. The highest BCUT2D eigenvalue weighted by atomic mass is 35.5. The van der Waals surface area contributed by atoms with E-state index in [9.17, 15) is 56.1 Å². The van der Waals surface area contributed by atoms with Gasteiger partial charge < -0.3 is 61.8 Å². The van der Waals surface area contributed by atoms with Gasteiger partial charge in [0.15, 0.2) is 0 Å². The molecule has 0 unspecified atom stereocenters. The highest BCUT2D eigenvalue weighted by Gasteiger charge is 2.43. The Hall–Kier alpha value is -7.88. The zero-order chi connectivity index (χ0) is 68.3. The summed E-state index contributed by atoms with van der Waals surface area (Å²) in [6, 6.07) is 21.7. The van der Waals surface area contributed by atoms with Gasteiger partial charge in [0, 0.05) is 113 Å². The van der Waals surface area contributed by atoms with E-state index in [2.05, 4.69) is 87.8 Å². The van der Waals surface area contributed by atoms with Crippen LogP contribution >= 0.6 is 23.2 Å². The summed E-state index contributed by atoms with van der Waals surface area (Å²) in [6.07, 6.45) is 1.89. The van der Waals surface area contributed by atoms with E-state index in [4.69, 9.17) is 32.7 Å². The third-order valence-electron chi connectivity index (χ3n) is 18.0. The van der Waals surface area contributed by atoms with Crippen LogP contribution < -0.4 is 61.5 Å². The number of nitriles is 2. The lowest BCUT2D eigenvalue weighted by Crippen LogP contribution is -2.54. The van der Waals surface area contributed by atoms with Crippen molar-refractivity contribution in [2.45, 2.75) is 111 Å². The van der Waals surface area contributed by atoms with Crippen LogP contribution in [0.2, 0.25) is 10.0 Å². The molecule has 10 N–H and O–H groups in total. The maximum atomic E-state index is 13.5. The molecule has 28 nitrogen and oxygen atoms in total. The average Bonchev–Trinajstić information content (AvgIpc) is 1.62. The Bertz CT molecular complexity index is 3620. The van der Waals surface area contributed by atoms with Crippen LogP contribution in [0.3, 0.4) is 0 Å². The summed E-state index contributed by atoms with van der Waals surface area (Å²) < 4.78 is 72.6. The number of sulfonamides is 2.